The van der Waals surface area contributed by atoms with E-state index in [0.717, 1.165) is 22.6 Å². The summed E-state index contributed by atoms with van der Waals surface area (Å²) in [5.74, 6) is 0.680. The van der Waals surface area contributed by atoms with Gasteiger partial charge in [-0.3, -0.25) is 14.4 Å². The summed E-state index contributed by atoms with van der Waals surface area (Å²) in [6, 6.07) is 16.1. The zero-order chi connectivity index (χ0) is 27.5. The number of benzene rings is 2. The fraction of sp³-hybridized carbons (Fsp3) is 0.400. The van der Waals surface area contributed by atoms with E-state index >= 15 is 0 Å². The van der Waals surface area contributed by atoms with Gasteiger partial charge in [0.1, 0.15) is 23.1 Å². The topological polar surface area (TPSA) is 83.1 Å². The number of nitrogens with zero attached hydrogens (tertiary/aromatic N) is 4. The smallest absolute Gasteiger partial charge is 0.273 e. The van der Waals surface area contributed by atoms with Crippen LogP contribution in [0.1, 0.15) is 59.0 Å². The summed E-state index contributed by atoms with van der Waals surface area (Å²) in [5, 5.41) is 2.49. The van der Waals surface area contributed by atoms with Crippen LogP contribution in [0.3, 0.4) is 0 Å². The van der Waals surface area contributed by atoms with Gasteiger partial charge < -0.3 is 19.4 Å². The number of hydrogen-bond acceptors (Lipinski definition) is 6. The minimum absolute atomic E-state index is 0.0340. The highest BCUT2D eigenvalue weighted by atomic mass is 32.1. The zero-order valence-corrected chi connectivity index (χ0v) is 23.4. The van der Waals surface area contributed by atoms with Crippen molar-refractivity contribution in [3.05, 3.63) is 81.3 Å². The molecule has 0 N–H and O–H groups in total. The van der Waals surface area contributed by atoms with Gasteiger partial charge in [0.05, 0.1) is 6.04 Å². The Morgan fingerprint density at radius 1 is 1.00 bits per heavy atom. The van der Waals surface area contributed by atoms with Crippen molar-refractivity contribution >= 4 is 29.1 Å². The Hall–Kier alpha value is -3.72. The van der Waals surface area contributed by atoms with Crippen LogP contribution in [0, 0.1) is 5.92 Å². The number of piperazine rings is 1. The molecule has 0 radical (unpaired) electrons. The van der Waals surface area contributed by atoms with Crippen molar-refractivity contribution in [1.29, 1.82) is 0 Å². The number of rotatable bonds is 6. The summed E-state index contributed by atoms with van der Waals surface area (Å²) in [5.41, 5.74) is 3.79. The molecule has 1 atom stereocenters. The Labute approximate surface area is 233 Å². The van der Waals surface area contributed by atoms with Crippen molar-refractivity contribution < 1.29 is 19.1 Å². The molecule has 5 rings (SSSR count). The molecule has 2 aliphatic heterocycles. The van der Waals surface area contributed by atoms with Gasteiger partial charge in [-0.2, -0.15) is 0 Å². The monoisotopic (exact) mass is 546 g/mol. The Kier molecular flexibility index (Phi) is 7.97. The molecule has 39 heavy (non-hydrogen) atoms. The van der Waals surface area contributed by atoms with Crippen LogP contribution in [0.2, 0.25) is 0 Å². The van der Waals surface area contributed by atoms with Crippen molar-refractivity contribution in [2.24, 2.45) is 5.92 Å². The van der Waals surface area contributed by atoms with Crippen LogP contribution in [0.25, 0.3) is 0 Å². The lowest BCUT2D eigenvalue weighted by atomic mass is 9.87. The van der Waals surface area contributed by atoms with Gasteiger partial charge in [-0.1, -0.05) is 50.2 Å². The maximum atomic E-state index is 13.1. The van der Waals surface area contributed by atoms with Gasteiger partial charge in [0.15, 0.2) is 0 Å². The minimum Gasteiger partial charge on any atom is -0.486 e. The van der Waals surface area contributed by atoms with Crippen molar-refractivity contribution in [3.63, 3.8) is 0 Å². The van der Waals surface area contributed by atoms with Crippen LogP contribution in [-0.4, -0.2) is 70.1 Å². The highest BCUT2D eigenvalue weighted by molar-refractivity contribution is 7.09. The van der Waals surface area contributed by atoms with Gasteiger partial charge in [-0.05, 0) is 35.2 Å². The van der Waals surface area contributed by atoms with E-state index in [4.69, 9.17) is 4.74 Å². The normalized spacial score (nSPS) is 17.2. The SMILES string of the molecule is CC(=O)N1CCN(C(=O)c2csc(COc3ccc4c(c3)C(c3ccccc3)N(C(=O)C(C)C)CC4)n2)CC1. The van der Waals surface area contributed by atoms with Crippen LogP contribution in [-0.2, 0) is 22.6 Å². The molecule has 0 spiro atoms. The second-order valence-corrected chi connectivity index (χ2v) is 11.3. The predicted molar refractivity (Wildman–Crippen MR) is 150 cm³/mol. The first-order valence-corrected chi connectivity index (χ1v) is 14.3. The van der Waals surface area contributed by atoms with Gasteiger partial charge in [0.25, 0.3) is 5.91 Å². The van der Waals surface area contributed by atoms with Crippen LogP contribution in [0.15, 0.2) is 53.9 Å². The quantitative estimate of drug-likeness (QED) is 0.464. The van der Waals surface area contributed by atoms with Crippen LogP contribution in [0.5, 0.6) is 5.75 Å². The summed E-state index contributed by atoms with van der Waals surface area (Å²) < 4.78 is 6.14. The number of aromatic nitrogens is 1. The number of carbonyl (C=O) groups excluding carboxylic acids is 3. The fourth-order valence-electron chi connectivity index (χ4n) is 5.25. The molecule has 2 aromatic carbocycles. The second kappa shape index (κ2) is 11.6. The number of ether oxygens (including phenoxy) is 1. The van der Waals surface area contributed by atoms with Crippen LogP contribution >= 0.6 is 11.3 Å². The predicted octanol–water partition coefficient (Wildman–Crippen LogP) is 4.16. The Morgan fingerprint density at radius 2 is 1.72 bits per heavy atom. The summed E-state index contributed by atoms with van der Waals surface area (Å²) in [6.45, 7) is 8.48. The van der Waals surface area contributed by atoms with E-state index in [0.29, 0.717) is 44.2 Å². The summed E-state index contributed by atoms with van der Waals surface area (Å²) in [7, 11) is 0. The van der Waals surface area contributed by atoms with Crippen molar-refractivity contribution in [3.8, 4) is 5.75 Å². The standard InChI is InChI=1S/C30H34N4O4S/c1-20(2)29(36)34-12-11-22-9-10-24(17-25(22)28(34)23-7-5-4-6-8-23)38-18-27-31-26(19-39-27)30(37)33-15-13-32(14-16-33)21(3)35/h4-10,17,19-20,28H,11-16,18H2,1-3H3. The van der Waals surface area contributed by atoms with Crippen LogP contribution < -0.4 is 4.74 Å². The Bertz CT molecular complexity index is 1350. The molecule has 8 nitrogen and oxygen atoms in total. The van der Waals surface area contributed by atoms with E-state index in [9.17, 15) is 14.4 Å². The third-order valence-electron chi connectivity index (χ3n) is 7.38. The van der Waals surface area contributed by atoms with Crippen molar-refractivity contribution in [2.45, 2.75) is 39.8 Å². The molecule has 1 unspecified atom stereocenters. The molecule has 1 fully saturated rings. The largest absolute Gasteiger partial charge is 0.486 e. The van der Waals surface area contributed by atoms with Crippen LogP contribution in [0.4, 0.5) is 0 Å². The summed E-state index contributed by atoms with van der Waals surface area (Å²) in [4.78, 5) is 47.6. The lowest BCUT2D eigenvalue weighted by molar-refractivity contribution is -0.136. The molecule has 204 valence electrons. The zero-order valence-electron chi connectivity index (χ0n) is 22.6. The van der Waals surface area contributed by atoms with Crippen molar-refractivity contribution in [2.75, 3.05) is 32.7 Å². The molecule has 1 aromatic heterocycles. The molecule has 9 heteroatoms. The Morgan fingerprint density at radius 3 is 2.41 bits per heavy atom. The van der Waals surface area contributed by atoms with Gasteiger partial charge in [0, 0.05) is 50.9 Å². The highest BCUT2D eigenvalue weighted by Gasteiger charge is 2.33. The molecule has 3 aromatic rings. The molecule has 3 amide bonds. The Balaban J connectivity index is 1.29. The third-order valence-corrected chi connectivity index (χ3v) is 8.21. The number of thiazole rings is 1. The van der Waals surface area contributed by atoms with Gasteiger partial charge >= 0.3 is 0 Å². The maximum absolute atomic E-state index is 13.1. The van der Waals surface area contributed by atoms with E-state index < -0.39 is 0 Å². The second-order valence-electron chi connectivity index (χ2n) is 10.3. The third kappa shape index (κ3) is 5.83. The molecule has 0 saturated carbocycles. The molecule has 2 aliphatic rings. The molecule has 3 heterocycles. The highest BCUT2D eigenvalue weighted by Crippen LogP contribution is 2.38. The van der Waals surface area contributed by atoms with Gasteiger partial charge in [0.2, 0.25) is 11.8 Å². The minimum atomic E-state index is -0.166. The number of fused-ring (bicyclic) bond motifs is 1. The number of amides is 3. The van der Waals surface area contributed by atoms with Gasteiger partial charge in [-0.25, -0.2) is 4.98 Å². The first-order valence-electron chi connectivity index (χ1n) is 13.4. The van der Waals surface area contributed by atoms with Gasteiger partial charge in [-0.15, -0.1) is 11.3 Å². The maximum Gasteiger partial charge on any atom is 0.273 e. The first-order chi connectivity index (χ1) is 18.8. The van der Waals surface area contributed by atoms with E-state index in [2.05, 4.69) is 23.2 Å². The van der Waals surface area contributed by atoms with E-state index in [1.807, 2.05) is 49.1 Å². The van der Waals surface area contributed by atoms with E-state index in [1.165, 1.54) is 16.9 Å². The van der Waals surface area contributed by atoms with E-state index in [-0.39, 0.29) is 36.3 Å². The van der Waals surface area contributed by atoms with Crippen molar-refractivity contribution in [1.82, 2.24) is 19.7 Å². The molecule has 0 aliphatic carbocycles. The molecular formula is C30H34N4O4S. The molecule has 1 saturated heterocycles. The molecule has 0 bridgehead atoms. The number of hydrogen-bond donors (Lipinski definition) is 0. The number of carbonyl (C=O) groups is 3. The lowest BCUT2D eigenvalue weighted by Gasteiger charge is -2.39. The fourth-order valence-corrected chi connectivity index (χ4v) is 5.93. The summed E-state index contributed by atoms with van der Waals surface area (Å²) >= 11 is 1.40. The summed E-state index contributed by atoms with van der Waals surface area (Å²) in [6.07, 6.45) is 0.802. The molecular weight excluding hydrogens is 512 g/mol. The van der Waals surface area contributed by atoms with E-state index in [1.54, 1.807) is 22.1 Å². The average Bonchev–Trinajstić information content (AvgIpc) is 3.44. The average molecular weight is 547 g/mol. The lowest BCUT2D eigenvalue weighted by Crippen LogP contribution is -2.50. The first kappa shape index (κ1) is 26.9.